The Morgan fingerprint density at radius 1 is 0.739 bits per heavy atom. The normalized spacial score (nSPS) is 12.3. The van der Waals surface area contributed by atoms with Gasteiger partial charge in [0.15, 0.2) is 9.84 Å². The van der Waals surface area contributed by atoms with E-state index < -0.39 is 67.0 Å². The third kappa shape index (κ3) is 9.59. The van der Waals surface area contributed by atoms with Gasteiger partial charge in [0.25, 0.3) is 36.3 Å². The molecular weight excluding hydrogens is 712 g/mol. The Kier molecular flexibility index (Phi) is 11.1. The third-order valence-corrected chi connectivity index (χ3v) is 10.6. The number of nitrogens with two attached hydrogens (primary N) is 1. The van der Waals surface area contributed by atoms with Gasteiger partial charge in [-0.25, -0.2) is 8.42 Å². The molecule has 0 radical (unpaired) electrons. The lowest BCUT2D eigenvalue weighted by atomic mass is 10.1. The van der Waals surface area contributed by atoms with Gasteiger partial charge in [-0.05, 0) is 60.2 Å². The van der Waals surface area contributed by atoms with Crippen LogP contribution < -0.4 is 11.1 Å². The SMILES string of the molecule is Nc1ccc(S(=O)(=O)O)cc1.O=C(Nc1ccc(S(=O)(=O)O)c2cc(S(=O)(=O)O)cc(O)c12)c1ccc(CS(=O)(=O)CCCl)cc1. The first-order valence-electron chi connectivity index (χ1n) is 12.4. The molecule has 0 aliphatic carbocycles. The molecule has 15 nitrogen and oxygen atoms in total. The van der Waals surface area contributed by atoms with E-state index in [9.17, 15) is 52.7 Å². The van der Waals surface area contributed by atoms with Crippen LogP contribution in [0.5, 0.6) is 5.75 Å². The predicted molar refractivity (Wildman–Crippen MR) is 169 cm³/mol. The number of anilines is 2. The second-order valence-electron chi connectivity index (χ2n) is 9.40. The highest BCUT2D eigenvalue weighted by Gasteiger charge is 2.23. The van der Waals surface area contributed by atoms with Gasteiger partial charge in [-0.1, -0.05) is 12.1 Å². The summed E-state index contributed by atoms with van der Waals surface area (Å²) >= 11 is 5.47. The zero-order chi connectivity index (χ0) is 34.7. The Labute approximate surface area is 268 Å². The van der Waals surface area contributed by atoms with Crippen LogP contribution in [-0.2, 0) is 45.9 Å². The molecule has 4 rings (SSSR count). The number of nitrogen functional groups attached to an aromatic ring is 1. The van der Waals surface area contributed by atoms with Crippen LogP contribution in [0.4, 0.5) is 11.4 Å². The van der Waals surface area contributed by atoms with E-state index >= 15 is 0 Å². The van der Waals surface area contributed by atoms with Gasteiger partial charge >= 0.3 is 0 Å². The van der Waals surface area contributed by atoms with E-state index in [1.807, 2.05) is 0 Å². The van der Waals surface area contributed by atoms with Gasteiger partial charge < -0.3 is 16.2 Å². The van der Waals surface area contributed by atoms with Crippen LogP contribution in [-0.4, -0.2) is 70.0 Å². The lowest BCUT2D eigenvalue weighted by molar-refractivity contribution is 0.102. The van der Waals surface area contributed by atoms with Gasteiger partial charge in [0.05, 0.1) is 27.0 Å². The number of hydrogen-bond acceptors (Lipinski definition) is 11. The van der Waals surface area contributed by atoms with Gasteiger partial charge in [0.2, 0.25) is 0 Å². The van der Waals surface area contributed by atoms with E-state index in [1.165, 1.54) is 48.5 Å². The summed E-state index contributed by atoms with van der Waals surface area (Å²) in [5.41, 5.74) is 6.12. The van der Waals surface area contributed by atoms with E-state index in [0.29, 0.717) is 17.3 Å². The number of nitrogens with one attached hydrogen (secondary N) is 1. The maximum Gasteiger partial charge on any atom is 0.295 e. The van der Waals surface area contributed by atoms with Crippen LogP contribution in [0.3, 0.4) is 0 Å². The lowest BCUT2D eigenvalue weighted by Crippen LogP contribution is -2.14. The average Bonchev–Trinajstić information content (AvgIpc) is 2.92. The number of benzene rings is 4. The Morgan fingerprint density at radius 2 is 1.30 bits per heavy atom. The number of rotatable bonds is 9. The number of alkyl halides is 1. The number of carbonyl (C=O) groups is 1. The van der Waals surface area contributed by atoms with Crippen molar-refractivity contribution in [2.75, 3.05) is 22.7 Å². The second kappa shape index (κ2) is 13.9. The first kappa shape index (κ1) is 36.6. The van der Waals surface area contributed by atoms with Crippen LogP contribution in [0.25, 0.3) is 10.8 Å². The molecule has 0 bridgehead atoms. The maximum absolute atomic E-state index is 12.7. The molecule has 0 saturated carbocycles. The van der Waals surface area contributed by atoms with Crippen molar-refractivity contribution < 1.29 is 57.2 Å². The highest BCUT2D eigenvalue weighted by molar-refractivity contribution is 7.90. The van der Waals surface area contributed by atoms with Gasteiger partial charge in [0.1, 0.15) is 10.6 Å². The summed E-state index contributed by atoms with van der Waals surface area (Å²) < 4.78 is 119. The van der Waals surface area contributed by atoms with Crippen molar-refractivity contribution in [1.29, 1.82) is 0 Å². The third-order valence-electron chi connectivity index (χ3n) is 6.02. The van der Waals surface area contributed by atoms with Crippen molar-refractivity contribution in [3.8, 4) is 5.75 Å². The van der Waals surface area contributed by atoms with Crippen molar-refractivity contribution >= 4 is 79.8 Å². The van der Waals surface area contributed by atoms with Crippen LogP contribution in [0.15, 0.2) is 87.5 Å². The Hall–Kier alpha value is -3.82. The molecule has 7 N–H and O–H groups in total. The standard InChI is InChI=1S/C20H18ClNO10S3.C6H7NO3S/c21-7-8-33(25,26)11-12-1-3-13(4-2-12)20(24)22-16-5-6-18(35(30,31)32)15-9-14(34(27,28)29)10-17(23)19(15)16;7-5-1-3-6(4-2-5)11(8,9)10/h1-6,9-10,23H,7-8,11H2,(H,22,24)(H,27,28,29)(H,30,31,32);1-4H,7H2,(H,8,9,10). The number of phenolic OH excluding ortho intramolecular Hbond substituents is 1. The smallest absolute Gasteiger partial charge is 0.295 e. The van der Waals surface area contributed by atoms with Gasteiger partial charge in [-0.15, -0.1) is 11.6 Å². The number of amides is 1. The number of phenols is 1. The number of hydrogen-bond donors (Lipinski definition) is 6. The van der Waals surface area contributed by atoms with E-state index in [4.69, 9.17) is 21.9 Å². The summed E-state index contributed by atoms with van der Waals surface area (Å²) in [6, 6.07) is 14.2. The summed E-state index contributed by atoms with van der Waals surface area (Å²) in [4.78, 5) is 11.0. The maximum atomic E-state index is 12.7. The zero-order valence-corrected chi connectivity index (χ0v) is 27.1. The molecule has 20 heteroatoms. The summed E-state index contributed by atoms with van der Waals surface area (Å²) in [5, 5.41) is 12.0. The summed E-state index contributed by atoms with van der Waals surface area (Å²) in [6.07, 6.45) is 0. The Morgan fingerprint density at radius 3 is 1.80 bits per heavy atom. The quantitative estimate of drug-likeness (QED) is 0.0819. The Bertz CT molecular complexity index is 2220. The molecule has 0 unspecified atom stereocenters. The fourth-order valence-corrected chi connectivity index (χ4v) is 7.39. The number of fused-ring (bicyclic) bond motifs is 1. The van der Waals surface area contributed by atoms with Gasteiger partial charge in [0, 0.05) is 34.0 Å². The molecule has 0 aliphatic heterocycles. The minimum Gasteiger partial charge on any atom is -0.507 e. The van der Waals surface area contributed by atoms with Gasteiger partial charge in [-0.3, -0.25) is 18.5 Å². The van der Waals surface area contributed by atoms with Crippen LogP contribution in [0.1, 0.15) is 15.9 Å². The molecule has 0 aliphatic rings. The van der Waals surface area contributed by atoms with E-state index in [1.54, 1.807) is 0 Å². The zero-order valence-electron chi connectivity index (χ0n) is 23.1. The highest BCUT2D eigenvalue weighted by Crippen LogP contribution is 2.38. The number of carbonyl (C=O) groups excluding carboxylic acids is 1. The minimum atomic E-state index is -4.89. The van der Waals surface area contributed by atoms with E-state index in [0.717, 1.165) is 18.2 Å². The number of aromatic hydroxyl groups is 1. The summed E-state index contributed by atoms with van der Waals surface area (Å²) in [6.45, 7) is 0. The molecule has 0 spiro atoms. The van der Waals surface area contributed by atoms with Crippen molar-refractivity contribution in [1.82, 2.24) is 0 Å². The summed E-state index contributed by atoms with van der Waals surface area (Å²) in [5.74, 6) is -2.04. The van der Waals surface area contributed by atoms with Gasteiger partial charge in [-0.2, -0.15) is 25.3 Å². The highest BCUT2D eigenvalue weighted by atomic mass is 35.5. The van der Waals surface area contributed by atoms with Crippen LogP contribution >= 0.6 is 11.6 Å². The monoisotopic (exact) mass is 736 g/mol. The molecule has 0 atom stereocenters. The molecule has 0 fully saturated rings. The molecule has 4 aromatic carbocycles. The van der Waals surface area contributed by atoms with Crippen LogP contribution in [0, 0.1) is 0 Å². The molecule has 4 aromatic rings. The number of sulfone groups is 1. The second-order valence-corrected chi connectivity index (χ2v) is 16.2. The van der Waals surface area contributed by atoms with Crippen molar-refractivity contribution in [3.63, 3.8) is 0 Å². The van der Waals surface area contributed by atoms with Crippen LogP contribution in [0.2, 0.25) is 0 Å². The first-order valence-corrected chi connectivity index (χ1v) is 19.0. The molecule has 0 aromatic heterocycles. The minimum absolute atomic E-state index is 0.0499. The molecule has 1 amide bonds. The molecule has 248 valence electrons. The van der Waals surface area contributed by atoms with E-state index in [2.05, 4.69) is 5.32 Å². The van der Waals surface area contributed by atoms with E-state index in [-0.39, 0.29) is 38.9 Å². The molecule has 0 saturated heterocycles. The van der Waals surface area contributed by atoms with Crippen molar-refractivity contribution in [2.45, 2.75) is 20.4 Å². The predicted octanol–water partition coefficient (Wildman–Crippen LogP) is 2.96. The summed E-state index contributed by atoms with van der Waals surface area (Å²) in [7, 11) is -17.2. The molecular formula is C26H25ClN2O13S4. The fourth-order valence-electron chi connectivity index (χ4n) is 3.92. The molecule has 0 heterocycles. The number of halogens is 1. The van der Waals surface area contributed by atoms with Crippen molar-refractivity contribution in [2.24, 2.45) is 0 Å². The average molecular weight is 737 g/mol. The Balaban J connectivity index is 0.000000441. The van der Waals surface area contributed by atoms with Crippen molar-refractivity contribution in [3.05, 3.63) is 83.9 Å². The lowest BCUT2D eigenvalue weighted by Gasteiger charge is -2.14. The molecule has 46 heavy (non-hydrogen) atoms. The first-order chi connectivity index (χ1) is 21.1. The topological polar surface area (TPSA) is 273 Å². The fraction of sp³-hybridized carbons (Fsp3) is 0.115. The largest absolute Gasteiger partial charge is 0.507 e.